The first-order valence-corrected chi connectivity index (χ1v) is 6.51. The summed E-state index contributed by atoms with van der Waals surface area (Å²) in [5, 5.41) is 7.47. The second kappa shape index (κ2) is 4.97. The van der Waals surface area contributed by atoms with Gasteiger partial charge in [-0.15, -0.1) is 0 Å². The number of ether oxygens (including phenoxy) is 1. The summed E-state index contributed by atoms with van der Waals surface area (Å²) in [5.41, 5.74) is 0.943. The Hall–Kier alpha value is -0.870. The third kappa shape index (κ3) is 2.28. The van der Waals surface area contributed by atoms with Gasteiger partial charge in [0.15, 0.2) is 0 Å². The summed E-state index contributed by atoms with van der Waals surface area (Å²) >= 11 is 1.68. The van der Waals surface area contributed by atoms with Crippen LogP contribution in [-0.2, 0) is 16.0 Å². The minimum absolute atomic E-state index is 0.0554. The third-order valence-corrected chi connectivity index (χ3v) is 4.03. The van der Waals surface area contributed by atoms with Crippen LogP contribution < -0.4 is 5.32 Å². The van der Waals surface area contributed by atoms with Crippen LogP contribution in [0.25, 0.3) is 0 Å². The van der Waals surface area contributed by atoms with Crippen molar-refractivity contribution in [3.63, 3.8) is 0 Å². The summed E-state index contributed by atoms with van der Waals surface area (Å²) in [5.74, 6) is -0.0554. The van der Waals surface area contributed by atoms with E-state index in [-0.39, 0.29) is 11.4 Å². The van der Waals surface area contributed by atoms with Crippen LogP contribution in [0, 0.1) is 5.41 Å². The number of esters is 1. The molecule has 1 aliphatic heterocycles. The summed E-state index contributed by atoms with van der Waals surface area (Å²) in [6.45, 7) is 1.80. The Kier molecular flexibility index (Phi) is 3.61. The van der Waals surface area contributed by atoms with Crippen LogP contribution in [0.2, 0.25) is 0 Å². The molecule has 1 fully saturated rings. The van der Waals surface area contributed by atoms with Gasteiger partial charge in [-0.05, 0) is 54.7 Å². The Balaban J connectivity index is 2.16. The number of rotatable bonds is 3. The van der Waals surface area contributed by atoms with Crippen LogP contribution >= 0.6 is 11.3 Å². The largest absolute Gasteiger partial charge is 0.469 e. The molecule has 4 heteroatoms. The maximum atomic E-state index is 12.0. The quantitative estimate of drug-likeness (QED) is 0.818. The number of thiophene rings is 1. The van der Waals surface area contributed by atoms with Crippen LogP contribution in [0.15, 0.2) is 16.8 Å². The lowest BCUT2D eigenvalue weighted by Gasteiger charge is -2.34. The second-order valence-corrected chi connectivity index (χ2v) is 5.11. The molecule has 1 aliphatic rings. The highest BCUT2D eigenvalue weighted by Gasteiger charge is 2.40. The molecular formula is C12H17NO2S. The van der Waals surface area contributed by atoms with E-state index in [2.05, 4.69) is 22.1 Å². The van der Waals surface area contributed by atoms with Gasteiger partial charge in [0.2, 0.25) is 0 Å². The molecule has 1 aromatic rings. The lowest BCUT2D eigenvalue weighted by Crippen LogP contribution is -2.44. The molecule has 0 bridgehead atoms. The van der Waals surface area contributed by atoms with Crippen molar-refractivity contribution >= 4 is 17.3 Å². The summed E-state index contributed by atoms with van der Waals surface area (Å²) in [7, 11) is 1.49. The molecule has 16 heavy (non-hydrogen) atoms. The molecule has 2 rings (SSSR count). The number of hydrogen-bond acceptors (Lipinski definition) is 4. The topological polar surface area (TPSA) is 38.3 Å². The van der Waals surface area contributed by atoms with Crippen LogP contribution in [0.1, 0.15) is 18.4 Å². The van der Waals surface area contributed by atoms with Crippen molar-refractivity contribution in [1.82, 2.24) is 5.32 Å². The van der Waals surface area contributed by atoms with Crippen molar-refractivity contribution in [2.75, 3.05) is 20.2 Å². The molecule has 1 saturated heterocycles. The van der Waals surface area contributed by atoms with Crippen molar-refractivity contribution < 1.29 is 9.53 Å². The summed E-state index contributed by atoms with van der Waals surface area (Å²) in [6, 6.07) is 2.09. The van der Waals surface area contributed by atoms with E-state index >= 15 is 0 Å². The maximum Gasteiger partial charge on any atom is 0.312 e. The number of nitrogens with one attached hydrogen (secondary N) is 1. The van der Waals surface area contributed by atoms with E-state index in [1.54, 1.807) is 11.3 Å². The third-order valence-electron chi connectivity index (χ3n) is 3.30. The molecule has 0 aliphatic carbocycles. The molecule has 0 aromatic carbocycles. The van der Waals surface area contributed by atoms with Gasteiger partial charge in [0.25, 0.3) is 0 Å². The fourth-order valence-electron chi connectivity index (χ4n) is 2.36. The first-order chi connectivity index (χ1) is 7.77. The van der Waals surface area contributed by atoms with Crippen molar-refractivity contribution in [3.8, 4) is 0 Å². The fraction of sp³-hybridized carbons (Fsp3) is 0.583. The van der Waals surface area contributed by atoms with Crippen LogP contribution in [0.5, 0.6) is 0 Å². The monoisotopic (exact) mass is 239 g/mol. The Morgan fingerprint density at radius 3 is 2.88 bits per heavy atom. The van der Waals surface area contributed by atoms with Crippen LogP contribution in [-0.4, -0.2) is 26.2 Å². The van der Waals surface area contributed by atoms with Gasteiger partial charge in [-0.1, -0.05) is 0 Å². The van der Waals surface area contributed by atoms with Crippen molar-refractivity contribution in [2.24, 2.45) is 5.41 Å². The van der Waals surface area contributed by atoms with E-state index in [0.29, 0.717) is 0 Å². The number of methoxy groups -OCH3 is 1. The molecule has 0 amide bonds. The average molecular weight is 239 g/mol. The minimum Gasteiger partial charge on any atom is -0.469 e. The zero-order valence-corrected chi connectivity index (χ0v) is 10.3. The number of carbonyl (C=O) groups excluding carboxylic acids is 1. The predicted octanol–water partition coefficient (Wildman–Crippen LogP) is 1.83. The molecule has 0 unspecified atom stereocenters. The fourth-order valence-corrected chi connectivity index (χ4v) is 3.03. The van der Waals surface area contributed by atoms with Gasteiger partial charge in [-0.2, -0.15) is 11.3 Å². The zero-order valence-electron chi connectivity index (χ0n) is 9.49. The van der Waals surface area contributed by atoms with E-state index < -0.39 is 0 Å². The highest BCUT2D eigenvalue weighted by molar-refractivity contribution is 7.07. The summed E-state index contributed by atoms with van der Waals surface area (Å²) < 4.78 is 4.98. The molecule has 0 saturated carbocycles. The molecule has 0 atom stereocenters. The SMILES string of the molecule is COC(=O)C1(Cc2ccsc2)CCNCC1. The van der Waals surface area contributed by atoms with Gasteiger partial charge >= 0.3 is 5.97 Å². The second-order valence-electron chi connectivity index (χ2n) is 4.33. The molecule has 3 nitrogen and oxygen atoms in total. The standard InChI is InChI=1S/C12H17NO2S/c1-15-11(14)12(3-5-13-6-4-12)8-10-2-7-16-9-10/h2,7,9,13H,3-6,8H2,1H3. The summed E-state index contributed by atoms with van der Waals surface area (Å²) in [6.07, 6.45) is 2.55. The molecule has 1 N–H and O–H groups in total. The first-order valence-electron chi connectivity index (χ1n) is 5.57. The smallest absolute Gasteiger partial charge is 0.312 e. The van der Waals surface area contributed by atoms with Gasteiger partial charge in [-0.3, -0.25) is 4.79 Å². The molecule has 0 spiro atoms. The van der Waals surface area contributed by atoms with Crippen molar-refractivity contribution in [2.45, 2.75) is 19.3 Å². The maximum absolute atomic E-state index is 12.0. The highest BCUT2D eigenvalue weighted by atomic mass is 32.1. The van der Waals surface area contributed by atoms with E-state index in [1.165, 1.54) is 12.7 Å². The Bertz CT molecular complexity index is 342. The lowest BCUT2D eigenvalue weighted by molar-refractivity contribution is -0.154. The van der Waals surface area contributed by atoms with Crippen molar-refractivity contribution in [1.29, 1.82) is 0 Å². The summed E-state index contributed by atoms with van der Waals surface area (Å²) in [4.78, 5) is 12.0. The van der Waals surface area contributed by atoms with Gasteiger partial charge in [0.05, 0.1) is 12.5 Å². The number of piperidine rings is 1. The van der Waals surface area contributed by atoms with E-state index in [4.69, 9.17) is 4.74 Å². The molecule has 0 radical (unpaired) electrons. The number of hydrogen-bond donors (Lipinski definition) is 1. The zero-order chi connectivity index (χ0) is 11.4. The lowest BCUT2D eigenvalue weighted by atomic mass is 9.74. The Morgan fingerprint density at radius 2 is 2.31 bits per heavy atom. The first kappa shape index (κ1) is 11.6. The van der Waals surface area contributed by atoms with Gasteiger partial charge in [0.1, 0.15) is 0 Å². The predicted molar refractivity (Wildman–Crippen MR) is 64.6 cm³/mol. The van der Waals surface area contributed by atoms with E-state index in [9.17, 15) is 4.79 Å². The van der Waals surface area contributed by atoms with Crippen molar-refractivity contribution in [3.05, 3.63) is 22.4 Å². The van der Waals surface area contributed by atoms with Crippen LogP contribution in [0.4, 0.5) is 0 Å². The highest BCUT2D eigenvalue weighted by Crippen LogP contribution is 2.34. The molecule has 1 aromatic heterocycles. The minimum atomic E-state index is -0.304. The normalized spacial score (nSPS) is 19.3. The van der Waals surface area contributed by atoms with Gasteiger partial charge in [-0.25, -0.2) is 0 Å². The van der Waals surface area contributed by atoms with E-state index in [0.717, 1.165) is 32.4 Å². The van der Waals surface area contributed by atoms with Gasteiger partial charge < -0.3 is 10.1 Å². The molecule has 2 heterocycles. The van der Waals surface area contributed by atoms with Gasteiger partial charge in [0, 0.05) is 0 Å². The Labute approximate surface area is 99.8 Å². The van der Waals surface area contributed by atoms with Crippen LogP contribution in [0.3, 0.4) is 0 Å². The Morgan fingerprint density at radius 1 is 1.56 bits per heavy atom. The molecular weight excluding hydrogens is 222 g/mol. The average Bonchev–Trinajstić information content (AvgIpc) is 2.82. The van der Waals surface area contributed by atoms with E-state index in [1.807, 2.05) is 0 Å². The molecule has 88 valence electrons. The number of carbonyl (C=O) groups is 1.